The maximum Gasteiger partial charge on any atom is 0.00929 e. The predicted molar refractivity (Wildman–Crippen MR) is 78.5 cm³/mol. The first kappa shape index (κ1) is 14.3. The molecule has 1 saturated heterocycles. The fourth-order valence-electron chi connectivity index (χ4n) is 4.01. The van der Waals surface area contributed by atoms with E-state index in [1.807, 2.05) is 0 Å². The summed E-state index contributed by atoms with van der Waals surface area (Å²) in [6.45, 7) is 9.77. The Balaban J connectivity index is 1.93. The van der Waals surface area contributed by atoms with Crippen molar-refractivity contribution in [1.82, 2.24) is 4.90 Å². The summed E-state index contributed by atoms with van der Waals surface area (Å²) in [5.74, 6) is 2.45. The SMILES string of the molecule is CC1CC(C)C(C)N(CC2CCCCCC2N)C1. The number of nitrogens with two attached hydrogens (primary N) is 1. The van der Waals surface area contributed by atoms with Gasteiger partial charge in [-0.3, -0.25) is 4.90 Å². The summed E-state index contributed by atoms with van der Waals surface area (Å²) in [6.07, 6.45) is 8.14. The van der Waals surface area contributed by atoms with Crippen LogP contribution in [-0.4, -0.2) is 30.1 Å². The number of likely N-dealkylation sites (tertiary alicyclic amines) is 1. The van der Waals surface area contributed by atoms with E-state index in [1.165, 1.54) is 51.6 Å². The lowest BCUT2D eigenvalue weighted by Gasteiger charge is -2.43. The van der Waals surface area contributed by atoms with E-state index in [2.05, 4.69) is 25.7 Å². The molecule has 1 aliphatic carbocycles. The molecule has 0 radical (unpaired) electrons. The highest BCUT2D eigenvalue weighted by Gasteiger charge is 2.31. The Morgan fingerprint density at radius 2 is 1.78 bits per heavy atom. The van der Waals surface area contributed by atoms with Crippen LogP contribution in [0.2, 0.25) is 0 Å². The van der Waals surface area contributed by atoms with Gasteiger partial charge in [-0.15, -0.1) is 0 Å². The summed E-state index contributed by atoms with van der Waals surface area (Å²) in [6, 6.07) is 1.20. The molecule has 0 amide bonds. The number of rotatable bonds is 2. The Morgan fingerprint density at radius 3 is 2.56 bits per heavy atom. The molecule has 2 N–H and O–H groups in total. The number of hydrogen-bond acceptors (Lipinski definition) is 2. The minimum Gasteiger partial charge on any atom is -0.327 e. The van der Waals surface area contributed by atoms with Crippen LogP contribution in [0.5, 0.6) is 0 Å². The molecule has 0 aromatic heterocycles. The zero-order valence-electron chi connectivity index (χ0n) is 12.6. The molecule has 1 aliphatic heterocycles. The topological polar surface area (TPSA) is 29.3 Å². The average molecular weight is 252 g/mol. The second-order valence-corrected chi connectivity index (χ2v) is 7.07. The van der Waals surface area contributed by atoms with Crippen molar-refractivity contribution in [2.75, 3.05) is 13.1 Å². The molecular formula is C16H32N2. The Labute approximate surface area is 113 Å². The van der Waals surface area contributed by atoms with Crippen molar-refractivity contribution in [2.45, 2.75) is 71.4 Å². The maximum absolute atomic E-state index is 6.38. The Kier molecular flexibility index (Phi) is 5.08. The first-order valence-electron chi connectivity index (χ1n) is 8.07. The molecule has 1 saturated carbocycles. The standard InChI is InChI=1S/C16H32N2/c1-12-9-13(2)14(3)18(10-12)11-15-7-5-4-6-8-16(15)17/h12-16H,4-11,17H2,1-3H3. The highest BCUT2D eigenvalue weighted by molar-refractivity contribution is 4.86. The number of nitrogens with zero attached hydrogens (tertiary/aromatic N) is 1. The zero-order valence-corrected chi connectivity index (χ0v) is 12.6. The third-order valence-electron chi connectivity index (χ3n) is 5.41. The van der Waals surface area contributed by atoms with Gasteiger partial charge in [-0.2, -0.15) is 0 Å². The molecule has 106 valence electrons. The summed E-state index contributed by atoms with van der Waals surface area (Å²) < 4.78 is 0. The summed E-state index contributed by atoms with van der Waals surface area (Å²) in [4.78, 5) is 2.73. The van der Waals surface area contributed by atoms with Gasteiger partial charge in [-0.05, 0) is 43.9 Å². The van der Waals surface area contributed by atoms with Crippen LogP contribution in [0.1, 0.15) is 59.3 Å². The van der Waals surface area contributed by atoms with Gasteiger partial charge in [0.1, 0.15) is 0 Å². The lowest BCUT2D eigenvalue weighted by atomic mass is 9.84. The molecule has 2 rings (SSSR count). The summed E-state index contributed by atoms with van der Waals surface area (Å²) in [7, 11) is 0. The fraction of sp³-hybridized carbons (Fsp3) is 1.00. The monoisotopic (exact) mass is 252 g/mol. The second-order valence-electron chi connectivity index (χ2n) is 7.07. The van der Waals surface area contributed by atoms with Gasteiger partial charge in [0, 0.05) is 25.2 Å². The van der Waals surface area contributed by atoms with Gasteiger partial charge in [-0.25, -0.2) is 0 Å². The van der Waals surface area contributed by atoms with E-state index in [9.17, 15) is 0 Å². The van der Waals surface area contributed by atoms with Crippen molar-refractivity contribution in [3.63, 3.8) is 0 Å². The molecule has 18 heavy (non-hydrogen) atoms. The largest absolute Gasteiger partial charge is 0.327 e. The quantitative estimate of drug-likeness (QED) is 0.764. The minimum atomic E-state index is 0.451. The lowest BCUT2D eigenvalue weighted by molar-refractivity contribution is 0.0593. The summed E-state index contributed by atoms with van der Waals surface area (Å²) >= 11 is 0. The molecule has 1 heterocycles. The van der Waals surface area contributed by atoms with Gasteiger partial charge in [0.15, 0.2) is 0 Å². The van der Waals surface area contributed by atoms with E-state index in [1.54, 1.807) is 0 Å². The van der Waals surface area contributed by atoms with Crippen LogP contribution in [-0.2, 0) is 0 Å². The van der Waals surface area contributed by atoms with E-state index >= 15 is 0 Å². The van der Waals surface area contributed by atoms with Gasteiger partial charge in [0.05, 0.1) is 0 Å². The lowest BCUT2D eigenvalue weighted by Crippen LogP contribution is -2.49. The average Bonchev–Trinajstić information content (AvgIpc) is 2.51. The third kappa shape index (κ3) is 3.48. The summed E-state index contributed by atoms with van der Waals surface area (Å²) in [5.41, 5.74) is 6.38. The molecule has 5 unspecified atom stereocenters. The maximum atomic E-state index is 6.38. The van der Waals surface area contributed by atoms with E-state index in [0.29, 0.717) is 6.04 Å². The molecule has 2 heteroatoms. The first-order valence-corrected chi connectivity index (χ1v) is 8.07. The van der Waals surface area contributed by atoms with Crippen LogP contribution >= 0.6 is 0 Å². The van der Waals surface area contributed by atoms with Crippen LogP contribution in [0.3, 0.4) is 0 Å². The fourth-order valence-corrected chi connectivity index (χ4v) is 4.01. The van der Waals surface area contributed by atoms with Crippen LogP contribution in [0, 0.1) is 17.8 Å². The van der Waals surface area contributed by atoms with Gasteiger partial charge >= 0.3 is 0 Å². The Bertz CT molecular complexity index is 253. The van der Waals surface area contributed by atoms with Crippen molar-refractivity contribution in [3.8, 4) is 0 Å². The summed E-state index contributed by atoms with van der Waals surface area (Å²) in [5, 5.41) is 0. The van der Waals surface area contributed by atoms with Gasteiger partial charge in [0.2, 0.25) is 0 Å². The number of hydrogen-bond donors (Lipinski definition) is 1. The molecule has 2 nitrogen and oxygen atoms in total. The molecule has 5 atom stereocenters. The van der Waals surface area contributed by atoms with Crippen LogP contribution in [0.15, 0.2) is 0 Å². The molecular weight excluding hydrogens is 220 g/mol. The molecule has 2 aliphatic rings. The molecule has 2 fully saturated rings. The van der Waals surface area contributed by atoms with E-state index < -0.39 is 0 Å². The Hall–Kier alpha value is -0.0800. The van der Waals surface area contributed by atoms with Crippen molar-refractivity contribution in [3.05, 3.63) is 0 Å². The van der Waals surface area contributed by atoms with E-state index in [4.69, 9.17) is 5.73 Å². The highest BCUT2D eigenvalue weighted by atomic mass is 15.2. The second kappa shape index (κ2) is 6.38. The van der Waals surface area contributed by atoms with Crippen molar-refractivity contribution < 1.29 is 0 Å². The van der Waals surface area contributed by atoms with Crippen molar-refractivity contribution >= 4 is 0 Å². The predicted octanol–water partition coefficient (Wildman–Crippen LogP) is 3.26. The number of piperidine rings is 1. The Morgan fingerprint density at radius 1 is 1.06 bits per heavy atom. The van der Waals surface area contributed by atoms with Crippen LogP contribution in [0.25, 0.3) is 0 Å². The molecule has 0 aromatic carbocycles. The van der Waals surface area contributed by atoms with Crippen LogP contribution in [0.4, 0.5) is 0 Å². The van der Waals surface area contributed by atoms with E-state index in [-0.39, 0.29) is 0 Å². The smallest absolute Gasteiger partial charge is 0.00929 e. The molecule has 0 spiro atoms. The normalized spacial score (nSPS) is 43.7. The molecule has 0 aromatic rings. The van der Waals surface area contributed by atoms with Crippen LogP contribution < -0.4 is 5.73 Å². The molecule has 0 bridgehead atoms. The van der Waals surface area contributed by atoms with Crippen molar-refractivity contribution in [2.24, 2.45) is 23.5 Å². The third-order valence-corrected chi connectivity index (χ3v) is 5.41. The zero-order chi connectivity index (χ0) is 13.1. The first-order chi connectivity index (χ1) is 8.58. The van der Waals surface area contributed by atoms with Gasteiger partial charge in [-0.1, -0.05) is 33.1 Å². The van der Waals surface area contributed by atoms with E-state index in [0.717, 1.165) is 23.8 Å². The van der Waals surface area contributed by atoms with Gasteiger partial charge in [0.25, 0.3) is 0 Å². The van der Waals surface area contributed by atoms with Gasteiger partial charge < -0.3 is 5.73 Å². The highest BCUT2D eigenvalue weighted by Crippen LogP contribution is 2.30. The minimum absolute atomic E-state index is 0.451. The van der Waals surface area contributed by atoms with Crippen molar-refractivity contribution in [1.29, 1.82) is 0 Å².